The first-order chi connectivity index (χ1) is 15.4. The van der Waals surface area contributed by atoms with E-state index < -0.39 is 11.8 Å². The Morgan fingerprint density at radius 2 is 1.69 bits per heavy atom. The van der Waals surface area contributed by atoms with Crippen LogP contribution in [-0.4, -0.2) is 31.8 Å². The Kier molecular flexibility index (Phi) is 6.25. The summed E-state index contributed by atoms with van der Waals surface area (Å²) in [5.41, 5.74) is 7.79. The van der Waals surface area contributed by atoms with Crippen LogP contribution in [0.2, 0.25) is 10.2 Å². The number of nitrogens with zero attached hydrogens (tertiary/aromatic N) is 3. The summed E-state index contributed by atoms with van der Waals surface area (Å²) < 4.78 is 1.48. The number of amides is 2. The second kappa shape index (κ2) is 9.25. The van der Waals surface area contributed by atoms with E-state index in [-0.39, 0.29) is 16.4 Å². The van der Waals surface area contributed by atoms with Gasteiger partial charge in [-0.2, -0.15) is 10.2 Å². The molecule has 162 valence electrons. The highest BCUT2D eigenvalue weighted by atomic mass is 35.5. The van der Waals surface area contributed by atoms with Crippen molar-refractivity contribution in [3.63, 3.8) is 0 Å². The van der Waals surface area contributed by atoms with E-state index in [0.29, 0.717) is 23.0 Å². The second-order valence-corrected chi connectivity index (χ2v) is 7.71. The minimum absolute atomic E-state index is 0.141. The van der Waals surface area contributed by atoms with Crippen LogP contribution in [0.3, 0.4) is 0 Å². The van der Waals surface area contributed by atoms with Crippen molar-refractivity contribution in [3.05, 3.63) is 93.4 Å². The zero-order valence-electron chi connectivity index (χ0n) is 16.9. The zero-order chi connectivity index (χ0) is 22.7. The topological polar surface area (TPSA) is 105 Å². The van der Waals surface area contributed by atoms with E-state index in [1.165, 1.54) is 4.68 Å². The van der Waals surface area contributed by atoms with Gasteiger partial charge in [0.2, 0.25) is 0 Å². The fourth-order valence-corrected chi connectivity index (χ4v) is 3.66. The summed E-state index contributed by atoms with van der Waals surface area (Å²) >= 11 is 12.6. The third-order valence-electron chi connectivity index (χ3n) is 4.75. The monoisotopic (exact) mass is 468 g/mol. The van der Waals surface area contributed by atoms with Crippen LogP contribution in [-0.2, 0) is 6.54 Å². The maximum atomic E-state index is 12.7. The fraction of sp³-hybridized carbons (Fsp3) is 0.0909. The zero-order valence-corrected chi connectivity index (χ0v) is 18.4. The van der Waals surface area contributed by atoms with Crippen LogP contribution in [0.5, 0.6) is 0 Å². The van der Waals surface area contributed by atoms with Crippen molar-refractivity contribution in [1.82, 2.24) is 30.8 Å². The SMILES string of the molecule is Cc1nn(Cc2ccccc2Cl)c(Cl)c1C(=O)NNC(=O)c1cc(-c2ccccc2)n[nH]1. The van der Waals surface area contributed by atoms with E-state index in [9.17, 15) is 9.59 Å². The van der Waals surface area contributed by atoms with Crippen LogP contribution in [0.15, 0.2) is 60.7 Å². The smallest absolute Gasteiger partial charge is 0.272 e. The number of aromatic amines is 1. The molecule has 0 aliphatic rings. The lowest BCUT2D eigenvalue weighted by molar-refractivity contribution is 0.0843. The molecule has 8 nitrogen and oxygen atoms in total. The number of aromatic nitrogens is 4. The minimum Gasteiger partial charge on any atom is -0.272 e. The maximum absolute atomic E-state index is 12.7. The molecule has 32 heavy (non-hydrogen) atoms. The van der Waals surface area contributed by atoms with Crippen molar-refractivity contribution in [2.45, 2.75) is 13.5 Å². The number of hydrazine groups is 1. The molecule has 0 atom stereocenters. The normalized spacial score (nSPS) is 10.7. The number of nitrogens with one attached hydrogen (secondary N) is 3. The number of aryl methyl sites for hydroxylation is 1. The summed E-state index contributed by atoms with van der Waals surface area (Å²) in [5, 5.41) is 11.8. The molecule has 10 heteroatoms. The Morgan fingerprint density at radius 1 is 1.00 bits per heavy atom. The molecule has 4 rings (SSSR count). The van der Waals surface area contributed by atoms with Crippen molar-refractivity contribution in [3.8, 4) is 11.3 Å². The molecule has 2 heterocycles. The lowest BCUT2D eigenvalue weighted by Gasteiger charge is -2.07. The Labute approximate surface area is 193 Å². The maximum Gasteiger partial charge on any atom is 0.287 e. The summed E-state index contributed by atoms with van der Waals surface area (Å²) in [4.78, 5) is 25.1. The van der Waals surface area contributed by atoms with Crippen LogP contribution in [0.4, 0.5) is 0 Å². The number of hydrogen-bond acceptors (Lipinski definition) is 4. The number of rotatable bonds is 5. The van der Waals surface area contributed by atoms with Crippen molar-refractivity contribution < 1.29 is 9.59 Å². The number of halogens is 2. The van der Waals surface area contributed by atoms with E-state index in [1.807, 2.05) is 48.5 Å². The molecule has 0 bridgehead atoms. The van der Waals surface area contributed by atoms with Gasteiger partial charge in [-0.15, -0.1) is 0 Å². The minimum atomic E-state index is -0.589. The Morgan fingerprint density at radius 3 is 2.44 bits per heavy atom. The fourth-order valence-electron chi connectivity index (χ4n) is 3.14. The second-order valence-electron chi connectivity index (χ2n) is 6.94. The lowest BCUT2D eigenvalue weighted by Crippen LogP contribution is -2.42. The summed E-state index contributed by atoms with van der Waals surface area (Å²) in [6, 6.07) is 18.3. The Hall–Kier alpha value is -3.62. The van der Waals surface area contributed by atoms with Gasteiger partial charge in [0.15, 0.2) is 0 Å². The van der Waals surface area contributed by atoms with Crippen LogP contribution in [0, 0.1) is 6.92 Å². The van der Waals surface area contributed by atoms with Crippen LogP contribution >= 0.6 is 23.2 Å². The molecule has 0 saturated carbocycles. The molecular formula is C22H18Cl2N6O2. The van der Waals surface area contributed by atoms with Gasteiger partial charge in [0.05, 0.1) is 17.9 Å². The van der Waals surface area contributed by atoms with Crippen molar-refractivity contribution in [2.24, 2.45) is 0 Å². The summed E-state index contributed by atoms with van der Waals surface area (Å²) in [6.07, 6.45) is 0. The van der Waals surface area contributed by atoms with Gasteiger partial charge >= 0.3 is 0 Å². The largest absolute Gasteiger partial charge is 0.287 e. The van der Waals surface area contributed by atoms with Gasteiger partial charge < -0.3 is 0 Å². The molecule has 0 aliphatic heterocycles. The van der Waals surface area contributed by atoms with Crippen LogP contribution in [0.25, 0.3) is 11.3 Å². The Balaban J connectivity index is 1.43. The molecule has 0 fully saturated rings. The highest BCUT2D eigenvalue weighted by molar-refractivity contribution is 6.33. The van der Waals surface area contributed by atoms with Gasteiger partial charge in [0.1, 0.15) is 16.4 Å². The van der Waals surface area contributed by atoms with Gasteiger partial charge in [-0.3, -0.25) is 25.5 Å². The molecule has 2 amide bonds. The predicted octanol–water partition coefficient (Wildman–Crippen LogP) is 4.01. The average Bonchev–Trinajstić information content (AvgIpc) is 3.39. The summed E-state index contributed by atoms with van der Waals surface area (Å²) in [6.45, 7) is 1.96. The van der Waals surface area contributed by atoms with E-state index in [4.69, 9.17) is 23.2 Å². The number of carbonyl (C=O) groups is 2. The molecule has 4 aromatic rings. The van der Waals surface area contributed by atoms with Crippen molar-refractivity contribution >= 4 is 35.0 Å². The summed E-state index contributed by atoms with van der Waals surface area (Å²) in [5.74, 6) is -1.14. The van der Waals surface area contributed by atoms with E-state index in [2.05, 4.69) is 26.1 Å². The van der Waals surface area contributed by atoms with Crippen molar-refractivity contribution in [2.75, 3.05) is 0 Å². The quantitative estimate of drug-likeness (QED) is 0.384. The first-order valence-electron chi connectivity index (χ1n) is 9.62. The van der Waals surface area contributed by atoms with E-state index in [0.717, 1.165) is 11.1 Å². The molecule has 0 unspecified atom stereocenters. The molecule has 2 aromatic carbocycles. The number of hydrogen-bond donors (Lipinski definition) is 3. The molecule has 3 N–H and O–H groups in total. The first-order valence-corrected chi connectivity index (χ1v) is 10.4. The molecule has 2 aromatic heterocycles. The first kappa shape index (κ1) is 21.6. The highest BCUT2D eigenvalue weighted by Gasteiger charge is 2.22. The molecular weight excluding hydrogens is 451 g/mol. The van der Waals surface area contributed by atoms with Crippen LogP contribution < -0.4 is 10.9 Å². The molecule has 0 saturated heterocycles. The van der Waals surface area contributed by atoms with E-state index >= 15 is 0 Å². The van der Waals surface area contributed by atoms with Gasteiger partial charge in [-0.25, -0.2) is 4.68 Å². The van der Waals surface area contributed by atoms with Gasteiger partial charge in [0, 0.05) is 10.6 Å². The predicted molar refractivity (Wildman–Crippen MR) is 121 cm³/mol. The third kappa shape index (κ3) is 4.51. The van der Waals surface area contributed by atoms with Crippen LogP contribution in [0.1, 0.15) is 32.1 Å². The van der Waals surface area contributed by atoms with Gasteiger partial charge in [0.25, 0.3) is 11.8 Å². The highest BCUT2D eigenvalue weighted by Crippen LogP contribution is 2.23. The molecule has 0 radical (unpaired) electrons. The average molecular weight is 469 g/mol. The number of carbonyl (C=O) groups excluding carboxylic acids is 2. The van der Waals surface area contributed by atoms with Gasteiger partial charge in [-0.05, 0) is 24.6 Å². The lowest BCUT2D eigenvalue weighted by atomic mass is 10.1. The number of benzene rings is 2. The number of H-pyrrole nitrogens is 1. The van der Waals surface area contributed by atoms with E-state index in [1.54, 1.807) is 19.1 Å². The molecule has 0 aliphatic carbocycles. The Bertz CT molecular complexity index is 1280. The third-order valence-corrected chi connectivity index (χ3v) is 5.50. The standard InChI is InChI=1S/C22H18Cl2N6O2/c1-13-19(20(24)30(29-13)12-15-9-5-6-10-16(15)23)22(32)28-27-21(31)18-11-17(25-26-18)14-7-3-2-4-8-14/h2-11H,12H2,1H3,(H,25,26)(H,27,31)(H,28,32). The van der Waals surface area contributed by atoms with Crippen molar-refractivity contribution in [1.29, 1.82) is 0 Å². The van der Waals surface area contributed by atoms with Gasteiger partial charge in [-0.1, -0.05) is 71.7 Å². The summed E-state index contributed by atoms with van der Waals surface area (Å²) in [7, 11) is 0. The molecule has 0 spiro atoms.